The quantitative estimate of drug-likeness (QED) is 0.505. The number of fused-ring (bicyclic) bond motifs is 1. The van der Waals surface area contributed by atoms with Gasteiger partial charge in [0, 0.05) is 36.4 Å². The van der Waals surface area contributed by atoms with E-state index in [0.717, 1.165) is 10.6 Å². The maximum absolute atomic E-state index is 13.1. The van der Waals surface area contributed by atoms with Crippen molar-refractivity contribution in [2.24, 2.45) is 0 Å². The van der Waals surface area contributed by atoms with E-state index < -0.39 is 5.97 Å². The van der Waals surface area contributed by atoms with Crippen LogP contribution in [0.5, 0.6) is 11.5 Å². The highest BCUT2D eigenvalue weighted by atomic mass is 32.1. The van der Waals surface area contributed by atoms with E-state index in [0.29, 0.717) is 42.5 Å². The molecular weight excluding hydrogens is 428 g/mol. The van der Waals surface area contributed by atoms with E-state index in [-0.39, 0.29) is 12.5 Å². The van der Waals surface area contributed by atoms with E-state index in [1.165, 1.54) is 0 Å². The Balaban J connectivity index is 1.50. The Morgan fingerprint density at radius 1 is 0.969 bits per heavy atom. The number of hydrogen-bond donors (Lipinski definition) is 0. The molecule has 4 rings (SSSR count). The average molecular weight is 453 g/mol. The fourth-order valence-electron chi connectivity index (χ4n) is 3.28. The molecule has 1 aromatic heterocycles. The summed E-state index contributed by atoms with van der Waals surface area (Å²) in [5, 5.41) is 1.96. The van der Waals surface area contributed by atoms with Crippen LogP contribution in [0.1, 0.15) is 15.2 Å². The number of hydrogen-bond acceptors (Lipinski definition) is 7. The summed E-state index contributed by atoms with van der Waals surface area (Å²) in [6.07, 6.45) is 0. The molecule has 7 nitrogen and oxygen atoms in total. The molecule has 2 aromatic carbocycles. The van der Waals surface area contributed by atoms with Gasteiger partial charge < -0.3 is 24.0 Å². The number of amides is 1. The maximum Gasteiger partial charge on any atom is 0.338 e. The van der Waals surface area contributed by atoms with E-state index in [2.05, 4.69) is 0 Å². The molecule has 0 spiro atoms. The molecule has 1 aliphatic heterocycles. The molecule has 3 aromatic rings. The summed E-state index contributed by atoms with van der Waals surface area (Å²) in [6.45, 7) is 0.947. The van der Waals surface area contributed by atoms with E-state index in [1.54, 1.807) is 52.6 Å². The van der Waals surface area contributed by atoms with Gasteiger partial charge in [-0.1, -0.05) is 12.1 Å². The van der Waals surface area contributed by atoms with Gasteiger partial charge in [-0.2, -0.15) is 0 Å². The van der Waals surface area contributed by atoms with E-state index in [1.807, 2.05) is 42.6 Å². The van der Waals surface area contributed by atoms with Crippen molar-refractivity contribution in [1.29, 1.82) is 0 Å². The van der Waals surface area contributed by atoms with Crippen LogP contribution < -0.4 is 19.3 Å². The van der Waals surface area contributed by atoms with Gasteiger partial charge in [0.05, 0.1) is 12.1 Å². The predicted molar refractivity (Wildman–Crippen MR) is 124 cm³/mol. The van der Waals surface area contributed by atoms with Crippen LogP contribution in [0.15, 0.2) is 60.0 Å². The van der Waals surface area contributed by atoms with Gasteiger partial charge in [0.1, 0.15) is 13.2 Å². The number of nitrogens with zero attached hydrogens (tertiary/aromatic N) is 2. The van der Waals surface area contributed by atoms with Gasteiger partial charge in [-0.25, -0.2) is 4.79 Å². The molecule has 32 heavy (non-hydrogen) atoms. The van der Waals surface area contributed by atoms with Crippen LogP contribution >= 0.6 is 11.3 Å². The Hall–Kier alpha value is -3.52. The van der Waals surface area contributed by atoms with Gasteiger partial charge in [0.15, 0.2) is 18.1 Å². The van der Waals surface area contributed by atoms with Gasteiger partial charge in [0.25, 0.3) is 5.91 Å². The summed E-state index contributed by atoms with van der Waals surface area (Å²) in [6, 6.07) is 16.4. The van der Waals surface area contributed by atoms with Crippen LogP contribution in [0.2, 0.25) is 0 Å². The fourth-order valence-corrected chi connectivity index (χ4v) is 3.97. The SMILES string of the molecule is CN(C)c1cccc(C(=O)OCC(=O)N(Cc2cccs2)c2ccc3c(c2)OCCO3)c1. The van der Waals surface area contributed by atoms with Gasteiger partial charge >= 0.3 is 5.97 Å². The topological polar surface area (TPSA) is 68.3 Å². The average Bonchev–Trinajstić information content (AvgIpc) is 3.34. The smallest absolute Gasteiger partial charge is 0.338 e. The molecule has 8 heteroatoms. The standard InChI is InChI=1S/C24H24N2O5S/c1-25(2)18-6-3-5-17(13-18)24(28)31-16-23(27)26(15-20-7-4-12-32-20)19-8-9-21-22(14-19)30-11-10-29-21/h3-9,12-14H,10-11,15-16H2,1-2H3. The first-order valence-electron chi connectivity index (χ1n) is 10.2. The summed E-state index contributed by atoms with van der Waals surface area (Å²) in [7, 11) is 3.79. The van der Waals surface area contributed by atoms with Crippen LogP contribution in [-0.2, 0) is 16.1 Å². The fraction of sp³-hybridized carbons (Fsp3) is 0.250. The number of ether oxygens (including phenoxy) is 3. The lowest BCUT2D eigenvalue weighted by atomic mass is 10.2. The van der Waals surface area contributed by atoms with Crippen LogP contribution in [0.25, 0.3) is 0 Å². The van der Waals surface area contributed by atoms with Gasteiger partial charge in [-0.05, 0) is 41.8 Å². The number of rotatable bonds is 7. The zero-order chi connectivity index (χ0) is 22.5. The van der Waals surface area contributed by atoms with Crippen molar-refractivity contribution < 1.29 is 23.8 Å². The van der Waals surface area contributed by atoms with Crippen molar-refractivity contribution in [3.63, 3.8) is 0 Å². The minimum Gasteiger partial charge on any atom is -0.486 e. The zero-order valence-electron chi connectivity index (χ0n) is 17.9. The molecule has 2 heterocycles. The van der Waals surface area contributed by atoms with Gasteiger partial charge in [-0.3, -0.25) is 4.79 Å². The normalized spacial score (nSPS) is 12.2. The highest BCUT2D eigenvalue weighted by Gasteiger charge is 2.22. The highest BCUT2D eigenvalue weighted by molar-refractivity contribution is 7.09. The third kappa shape index (κ3) is 5.03. The summed E-state index contributed by atoms with van der Waals surface area (Å²) < 4.78 is 16.6. The lowest BCUT2D eigenvalue weighted by Crippen LogP contribution is -2.34. The lowest BCUT2D eigenvalue weighted by Gasteiger charge is -2.25. The first kappa shape index (κ1) is 21.7. The monoisotopic (exact) mass is 452 g/mol. The minimum atomic E-state index is -0.541. The Labute approximate surface area is 190 Å². The minimum absolute atomic E-state index is 0.327. The van der Waals surface area contributed by atoms with E-state index >= 15 is 0 Å². The molecule has 0 saturated carbocycles. The second kappa shape index (κ2) is 9.74. The molecule has 1 aliphatic rings. The van der Waals surface area contributed by atoms with Crippen LogP contribution in [0.4, 0.5) is 11.4 Å². The first-order valence-corrected chi connectivity index (χ1v) is 11.1. The second-order valence-corrected chi connectivity index (χ2v) is 8.44. The van der Waals surface area contributed by atoms with Crippen molar-refractivity contribution in [3.8, 4) is 11.5 Å². The van der Waals surface area contributed by atoms with Crippen molar-refractivity contribution in [1.82, 2.24) is 0 Å². The second-order valence-electron chi connectivity index (χ2n) is 7.41. The molecule has 0 fully saturated rings. The predicted octanol–water partition coefficient (Wildman–Crippen LogP) is 3.98. The van der Waals surface area contributed by atoms with Gasteiger partial charge in [-0.15, -0.1) is 11.3 Å². The molecule has 1 amide bonds. The third-order valence-corrected chi connectivity index (χ3v) is 5.82. The molecule has 0 atom stereocenters. The number of esters is 1. The van der Waals surface area contributed by atoms with Gasteiger partial charge in [0.2, 0.25) is 0 Å². The molecule has 0 saturated heterocycles. The molecule has 166 valence electrons. The maximum atomic E-state index is 13.1. The zero-order valence-corrected chi connectivity index (χ0v) is 18.8. The molecule has 0 N–H and O–H groups in total. The Morgan fingerprint density at radius 3 is 2.53 bits per heavy atom. The van der Waals surface area contributed by atoms with Crippen LogP contribution in [0, 0.1) is 0 Å². The van der Waals surface area contributed by atoms with E-state index in [9.17, 15) is 9.59 Å². The lowest BCUT2D eigenvalue weighted by molar-refractivity contribution is -0.121. The number of thiophene rings is 1. The molecule has 0 unspecified atom stereocenters. The molecule has 0 bridgehead atoms. The number of carbonyl (C=O) groups excluding carboxylic acids is 2. The van der Waals surface area contributed by atoms with Crippen LogP contribution in [-0.4, -0.2) is 45.8 Å². The van der Waals surface area contributed by atoms with Crippen molar-refractivity contribution in [2.75, 3.05) is 43.7 Å². The number of benzene rings is 2. The summed E-state index contributed by atoms with van der Waals surface area (Å²) in [5.74, 6) is 0.374. The number of anilines is 2. The Morgan fingerprint density at radius 2 is 1.78 bits per heavy atom. The van der Waals surface area contributed by atoms with Crippen LogP contribution in [0.3, 0.4) is 0 Å². The molecule has 0 aliphatic carbocycles. The molecule has 0 radical (unpaired) electrons. The van der Waals surface area contributed by atoms with Crippen molar-refractivity contribution >= 4 is 34.6 Å². The van der Waals surface area contributed by atoms with E-state index in [4.69, 9.17) is 14.2 Å². The van der Waals surface area contributed by atoms with Crippen molar-refractivity contribution in [3.05, 3.63) is 70.4 Å². The summed E-state index contributed by atoms with van der Waals surface area (Å²) >= 11 is 1.56. The Kier molecular flexibility index (Phi) is 6.61. The number of carbonyl (C=O) groups is 2. The Bertz CT molecular complexity index is 1100. The highest BCUT2D eigenvalue weighted by Crippen LogP contribution is 2.34. The van der Waals surface area contributed by atoms with Crippen molar-refractivity contribution in [2.45, 2.75) is 6.54 Å². The summed E-state index contributed by atoms with van der Waals surface area (Å²) in [5.41, 5.74) is 1.92. The summed E-state index contributed by atoms with van der Waals surface area (Å²) in [4.78, 5) is 30.2. The first-order chi connectivity index (χ1) is 15.5. The molecular formula is C24H24N2O5S. The largest absolute Gasteiger partial charge is 0.486 e. The third-order valence-electron chi connectivity index (χ3n) is 4.96.